The lowest BCUT2D eigenvalue weighted by molar-refractivity contribution is -0.159. The molecule has 0 bridgehead atoms. The van der Waals surface area contributed by atoms with E-state index in [1.165, 1.54) is 12.0 Å². The van der Waals surface area contributed by atoms with Crippen molar-refractivity contribution in [1.29, 1.82) is 0 Å². The van der Waals surface area contributed by atoms with Crippen LogP contribution in [0.25, 0.3) is 10.4 Å². The summed E-state index contributed by atoms with van der Waals surface area (Å²) in [7, 11) is 1.30. The number of hydrogen-bond donors (Lipinski definition) is 0. The zero-order valence-electron chi connectivity index (χ0n) is 19.5. The van der Waals surface area contributed by atoms with Gasteiger partial charge in [0.05, 0.1) is 13.2 Å². The summed E-state index contributed by atoms with van der Waals surface area (Å²) in [5.41, 5.74) is 9.42. The van der Waals surface area contributed by atoms with Crippen LogP contribution < -0.4 is 4.74 Å². The highest BCUT2D eigenvalue weighted by molar-refractivity contribution is 5.91. The predicted octanol–water partition coefficient (Wildman–Crippen LogP) is 4.64. The smallest absolute Gasteiger partial charge is 0.468 e. The molecule has 184 valence electrons. The van der Waals surface area contributed by atoms with Crippen LogP contribution in [0.2, 0.25) is 0 Å². The number of hydrogen-bond acceptors (Lipinski definition) is 7. The average molecular weight is 489 g/mol. The van der Waals surface area contributed by atoms with Crippen LogP contribution in [-0.2, 0) is 25.7 Å². The molecule has 1 fully saturated rings. The second kappa shape index (κ2) is 10.8. The number of nitrogens with zero attached hydrogens (tertiary/aromatic N) is 4. The Hall–Kier alpha value is -4.56. The van der Waals surface area contributed by atoms with Crippen LogP contribution in [0, 0.1) is 5.41 Å². The van der Waals surface area contributed by atoms with Gasteiger partial charge in [0.2, 0.25) is 5.91 Å². The number of β-lactam (4-membered cyclic amide) rings is 1. The third kappa shape index (κ3) is 5.08. The standard InChI is InChI=1S/C26H24N4O6/c1-34-24(32)26(14-6-3-7-15-26)17-30-22(21(23(30)31)28-29-27)19-10-12-20(13-11-19)36-25(33)35-16-18-8-4-2-5-9-18/h2-14,21-22H,15-17H2,1H3. The fourth-order valence-electron chi connectivity index (χ4n) is 4.32. The Balaban J connectivity index is 1.47. The molecule has 1 saturated heterocycles. The zero-order chi connectivity index (χ0) is 25.5. The Morgan fingerprint density at radius 1 is 1.14 bits per heavy atom. The minimum absolute atomic E-state index is 0.0610. The van der Waals surface area contributed by atoms with Gasteiger partial charge in [-0.25, -0.2) is 4.79 Å². The number of methoxy groups -OCH3 is 1. The van der Waals surface area contributed by atoms with Crippen LogP contribution in [-0.4, -0.2) is 42.6 Å². The topological polar surface area (TPSA) is 131 Å². The number of carbonyl (C=O) groups is 3. The van der Waals surface area contributed by atoms with Crippen LogP contribution in [0.4, 0.5) is 4.79 Å². The second-order valence-corrected chi connectivity index (χ2v) is 8.40. The number of allylic oxidation sites excluding steroid dienone is 3. The van der Waals surface area contributed by atoms with Crippen LogP contribution >= 0.6 is 0 Å². The summed E-state index contributed by atoms with van der Waals surface area (Å²) < 4.78 is 15.4. The molecule has 2 aromatic rings. The van der Waals surface area contributed by atoms with Crippen LogP contribution in [0.5, 0.6) is 5.75 Å². The lowest BCUT2D eigenvalue weighted by atomic mass is 9.78. The molecule has 36 heavy (non-hydrogen) atoms. The first-order chi connectivity index (χ1) is 17.5. The van der Waals surface area contributed by atoms with Gasteiger partial charge in [-0.15, -0.1) is 0 Å². The fraction of sp³-hybridized carbons (Fsp3) is 0.269. The van der Waals surface area contributed by atoms with Gasteiger partial charge < -0.3 is 19.1 Å². The van der Waals surface area contributed by atoms with Crippen molar-refractivity contribution in [3.63, 3.8) is 0 Å². The van der Waals surface area contributed by atoms with Crippen molar-refractivity contribution in [3.8, 4) is 5.75 Å². The molecule has 3 atom stereocenters. The first-order valence-electron chi connectivity index (χ1n) is 11.2. The molecule has 1 aliphatic carbocycles. The summed E-state index contributed by atoms with van der Waals surface area (Å²) in [4.78, 5) is 41.8. The van der Waals surface area contributed by atoms with Crippen molar-refractivity contribution in [1.82, 2.24) is 4.90 Å². The van der Waals surface area contributed by atoms with E-state index >= 15 is 0 Å². The van der Waals surface area contributed by atoms with Crippen LogP contribution in [0.15, 0.2) is 84.0 Å². The maximum atomic E-state index is 12.8. The third-order valence-corrected chi connectivity index (χ3v) is 6.16. The largest absolute Gasteiger partial charge is 0.514 e. The van der Waals surface area contributed by atoms with Gasteiger partial charge in [-0.2, -0.15) is 0 Å². The minimum Gasteiger partial charge on any atom is -0.468 e. The highest BCUT2D eigenvalue weighted by Gasteiger charge is 2.52. The Labute approximate surface area is 207 Å². The lowest BCUT2D eigenvalue weighted by Crippen LogP contribution is -2.61. The number of amides is 1. The van der Waals surface area contributed by atoms with E-state index in [0.717, 1.165) is 5.56 Å². The molecule has 0 N–H and O–H groups in total. The van der Waals surface area contributed by atoms with Crippen molar-refractivity contribution in [2.75, 3.05) is 13.7 Å². The molecule has 0 spiro atoms. The monoisotopic (exact) mass is 488 g/mol. The van der Waals surface area contributed by atoms with E-state index in [-0.39, 0.29) is 24.8 Å². The van der Waals surface area contributed by atoms with E-state index in [4.69, 9.17) is 19.7 Å². The van der Waals surface area contributed by atoms with Gasteiger partial charge in [0.25, 0.3) is 0 Å². The van der Waals surface area contributed by atoms with Crippen LogP contribution in [0.3, 0.4) is 0 Å². The van der Waals surface area contributed by atoms with E-state index < -0.39 is 29.6 Å². The fourth-order valence-corrected chi connectivity index (χ4v) is 4.32. The molecule has 10 heteroatoms. The molecule has 0 aromatic heterocycles. The molecule has 1 heterocycles. The van der Waals surface area contributed by atoms with Crippen molar-refractivity contribution in [3.05, 3.63) is 100 Å². The number of rotatable bonds is 8. The normalized spacial score (nSPS) is 22.2. The Morgan fingerprint density at radius 2 is 1.89 bits per heavy atom. The number of benzene rings is 2. The SMILES string of the molecule is COC(=O)C1(CN2C(=O)C(N=[N+]=[N-])C2c2ccc(OC(=O)OCc3ccccc3)cc2)C=CC=CC1. The molecular formula is C26H24N4O6. The number of ether oxygens (including phenoxy) is 3. The highest BCUT2D eigenvalue weighted by Crippen LogP contribution is 2.42. The number of esters is 1. The maximum absolute atomic E-state index is 12.8. The van der Waals surface area contributed by atoms with E-state index in [9.17, 15) is 14.4 Å². The van der Waals surface area contributed by atoms with Crippen LogP contribution in [0.1, 0.15) is 23.6 Å². The quantitative estimate of drug-likeness (QED) is 0.133. The van der Waals surface area contributed by atoms with Gasteiger partial charge in [-0.1, -0.05) is 71.9 Å². The van der Waals surface area contributed by atoms with Gasteiger partial charge in [0, 0.05) is 11.5 Å². The Kier molecular flexibility index (Phi) is 7.36. The summed E-state index contributed by atoms with van der Waals surface area (Å²) >= 11 is 0. The highest BCUT2D eigenvalue weighted by atomic mass is 16.7. The Morgan fingerprint density at radius 3 is 2.53 bits per heavy atom. The predicted molar refractivity (Wildman–Crippen MR) is 128 cm³/mol. The number of azide groups is 1. The minimum atomic E-state index is -1.04. The zero-order valence-corrected chi connectivity index (χ0v) is 19.5. The van der Waals surface area contributed by atoms with Crippen molar-refractivity contribution in [2.24, 2.45) is 10.5 Å². The first-order valence-corrected chi connectivity index (χ1v) is 11.2. The summed E-state index contributed by atoms with van der Waals surface area (Å²) in [5, 5.41) is 3.66. The molecule has 1 aliphatic heterocycles. The van der Waals surface area contributed by atoms with E-state index in [1.54, 1.807) is 36.4 Å². The number of likely N-dealkylation sites (tertiary alicyclic amines) is 1. The van der Waals surface area contributed by atoms with E-state index in [0.29, 0.717) is 12.0 Å². The van der Waals surface area contributed by atoms with Crippen molar-refractivity contribution < 1.29 is 28.6 Å². The number of carbonyl (C=O) groups excluding carboxylic acids is 3. The summed E-state index contributed by atoms with van der Waals surface area (Å²) in [6.45, 7) is 0.141. The molecule has 3 unspecified atom stereocenters. The van der Waals surface area contributed by atoms with Gasteiger partial charge >= 0.3 is 12.1 Å². The maximum Gasteiger partial charge on any atom is 0.514 e. The summed E-state index contributed by atoms with van der Waals surface area (Å²) in [5.74, 6) is -0.589. The molecule has 2 aliphatic rings. The Bertz CT molecular complexity index is 1240. The lowest BCUT2D eigenvalue weighted by Gasteiger charge is -2.48. The van der Waals surface area contributed by atoms with Gasteiger partial charge in [-0.05, 0) is 35.2 Å². The van der Waals surface area contributed by atoms with E-state index in [1.807, 2.05) is 42.5 Å². The second-order valence-electron chi connectivity index (χ2n) is 8.40. The van der Waals surface area contributed by atoms with Crippen molar-refractivity contribution in [2.45, 2.75) is 25.1 Å². The molecule has 4 rings (SSSR count). The molecule has 0 saturated carbocycles. The summed E-state index contributed by atoms with van der Waals surface area (Å²) in [6.07, 6.45) is 6.65. The van der Waals surface area contributed by atoms with Gasteiger partial charge in [-0.3, -0.25) is 9.59 Å². The molecule has 0 radical (unpaired) electrons. The molecule has 1 amide bonds. The van der Waals surface area contributed by atoms with E-state index in [2.05, 4.69) is 10.0 Å². The molecule has 2 aromatic carbocycles. The third-order valence-electron chi connectivity index (χ3n) is 6.16. The van der Waals surface area contributed by atoms with Gasteiger partial charge in [0.1, 0.15) is 23.8 Å². The molecular weight excluding hydrogens is 464 g/mol. The van der Waals surface area contributed by atoms with Crippen molar-refractivity contribution >= 4 is 18.0 Å². The molecule has 10 nitrogen and oxygen atoms in total. The summed E-state index contributed by atoms with van der Waals surface area (Å²) in [6, 6.07) is 14.1. The first kappa shape index (κ1) is 24.6. The van der Waals surface area contributed by atoms with Gasteiger partial charge in [0.15, 0.2) is 0 Å². The average Bonchev–Trinajstić information content (AvgIpc) is 2.92.